The normalized spacial score (nSPS) is 9.15. The summed E-state index contributed by atoms with van der Waals surface area (Å²) in [7, 11) is 0. The van der Waals surface area contributed by atoms with Crippen LogP contribution in [0.5, 0.6) is 0 Å². The summed E-state index contributed by atoms with van der Waals surface area (Å²) >= 11 is 0. The van der Waals surface area contributed by atoms with Crippen LogP contribution in [0.25, 0.3) is 12.2 Å². The van der Waals surface area contributed by atoms with Gasteiger partial charge in [0.25, 0.3) is 0 Å². The molecule has 0 fully saturated rings. The van der Waals surface area contributed by atoms with Crippen LogP contribution in [0.4, 0.5) is 0 Å². The second-order valence-electron chi connectivity index (χ2n) is 2.33. The highest BCUT2D eigenvalue weighted by Crippen LogP contribution is 2.11. The van der Waals surface area contributed by atoms with E-state index in [1.165, 1.54) is 11.1 Å². The van der Waals surface area contributed by atoms with Crippen molar-refractivity contribution in [3.63, 3.8) is 0 Å². The van der Waals surface area contributed by atoms with Crippen molar-refractivity contribution in [2.45, 2.75) is 20.8 Å². The molecule has 0 aliphatic heterocycles. The zero-order valence-corrected chi connectivity index (χ0v) is 8.75. The van der Waals surface area contributed by atoms with Gasteiger partial charge in [0.1, 0.15) is 0 Å². The SMILES string of the molecule is C=Cc1ccccc1/C=C\C.CC. The zero-order valence-electron chi connectivity index (χ0n) is 8.75. The van der Waals surface area contributed by atoms with Crippen molar-refractivity contribution in [3.8, 4) is 0 Å². The standard InChI is InChI=1S/C11H12.C2H6/c1-3-7-11-9-6-5-8-10(11)4-2;1-2/h3-9H,2H2,1H3;1-2H3/b7-3-;. The van der Waals surface area contributed by atoms with E-state index in [-0.39, 0.29) is 0 Å². The van der Waals surface area contributed by atoms with E-state index in [0.717, 1.165) is 0 Å². The highest BCUT2D eigenvalue weighted by molar-refractivity contribution is 5.63. The molecule has 0 aromatic heterocycles. The lowest BCUT2D eigenvalue weighted by atomic mass is 10.1. The quantitative estimate of drug-likeness (QED) is 0.623. The van der Waals surface area contributed by atoms with E-state index in [9.17, 15) is 0 Å². The van der Waals surface area contributed by atoms with Crippen LogP contribution in [0.3, 0.4) is 0 Å². The predicted molar refractivity (Wildman–Crippen MR) is 62.6 cm³/mol. The first-order valence-electron chi connectivity index (χ1n) is 4.72. The van der Waals surface area contributed by atoms with Gasteiger partial charge < -0.3 is 0 Å². The van der Waals surface area contributed by atoms with Crippen LogP contribution in [0, 0.1) is 0 Å². The van der Waals surface area contributed by atoms with Crippen molar-refractivity contribution >= 4 is 12.2 Å². The van der Waals surface area contributed by atoms with Gasteiger partial charge in [0.2, 0.25) is 0 Å². The Labute approximate surface area is 81.6 Å². The maximum atomic E-state index is 3.74. The molecule has 0 amide bonds. The van der Waals surface area contributed by atoms with Gasteiger partial charge in [0, 0.05) is 0 Å². The van der Waals surface area contributed by atoms with Crippen LogP contribution in [0.2, 0.25) is 0 Å². The molecule has 0 aliphatic rings. The Balaban J connectivity index is 0.000000671. The van der Waals surface area contributed by atoms with Crippen molar-refractivity contribution in [1.29, 1.82) is 0 Å². The summed E-state index contributed by atoms with van der Waals surface area (Å²) < 4.78 is 0. The van der Waals surface area contributed by atoms with Crippen molar-refractivity contribution < 1.29 is 0 Å². The summed E-state index contributed by atoms with van der Waals surface area (Å²) in [6.07, 6.45) is 5.98. The molecule has 0 saturated carbocycles. The van der Waals surface area contributed by atoms with E-state index in [1.807, 2.05) is 45.1 Å². The molecule has 1 aromatic rings. The van der Waals surface area contributed by atoms with E-state index in [0.29, 0.717) is 0 Å². The lowest BCUT2D eigenvalue weighted by molar-refractivity contribution is 1.50. The predicted octanol–water partition coefficient (Wildman–Crippen LogP) is 4.39. The molecule has 0 aliphatic carbocycles. The highest BCUT2D eigenvalue weighted by atomic mass is 13.9. The molecule has 13 heavy (non-hydrogen) atoms. The molecule has 0 heteroatoms. The van der Waals surface area contributed by atoms with Gasteiger partial charge in [0.05, 0.1) is 0 Å². The fourth-order valence-electron chi connectivity index (χ4n) is 1.03. The third kappa shape index (κ3) is 3.75. The smallest absolute Gasteiger partial charge is 0.0188 e. The van der Waals surface area contributed by atoms with Gasteiger partial charge >= 0.3 is 0 Å². The van der Waals surface area contributed by atoms with Crippen molar-refractivity contribution in [1.82, 2.24) is 0 Å². The van der Waals surface area contributed by atoms with Crippen LogP contribution in [0.1, 0.15) is 31.9 Å². The minimum atomic E-state index is 1.19. The Kier molecular flexibility index (Phi) is 6.62. The average molecular weight is 174 g/mol. The summed E-state index contributed by atoms with van der Waals surface area (Å²) in [5.74, 6) is 0. The number of hydrogen-bond acceptors (Lipinski definition) is 0. The third-order valence-electron chi connectivity index (χ3n) is 1.56. The molecule has 1 rings (SSSR count). The maximum Gasteiger partial charge on any atom is -0.0188 e. The Morgan fingerprint density at radius 2 is 1.62 bits per heavy atom. The molecule has 0 atom stereocenters. The molecule has 0 N–H and O–H groups in total. The monoisotopic (exact) mass is 174 g/mol. The maximum absolute atomic E-state index is 3.74. The molecule has 0 spiro atoms. The summed E-state index contributed by atoms with van der Waals surface area (Å²) in [4.78, 5) is 0. The van der Waals surface area contributed by atoms with Gasteiger partial charge in [-0.3, -0.25) is 0 Å². The fraction of sp³-hybridized carbons (Fsp3) is 0.231. The molecular weight excluding hydrogens is 156 g/mol. The summed E-state index contributed by atoms with van der Waals surface area (Å²) in [6.45, 7) is 9.75. The molecule has 0 saturated heterocycles. The summed E-state index contributed by atoms with van der Waals surface area (Å²) in [5.41, 5.74) is 2.41. The van der Waals surface area contributed by atoms with E-state index < -0.39 is 0 Å². The molecule has 70 valence electrons. The van der Waals surface area contributed by atoms with Crippen molar-refractivity contribution in [3.05, 3.63) is 48.0 Å². The summed E-state index contributed by atoms with van der Waals surface area (Å²) in [5, 5.41) is 0. The topological polar surface area (TPSA) is 0 Å². The lowest BCUT2D eigenvalue weighted by Gasteiger charge is -1.97. The number of benzene rings is 1. The summed E-state index contributed by atoms with van der Waals surface area (Å²) in [6, 6.07) is 8.19. The molecule has 0 unspecified atom stereocenters. The molecule has 0 nitrogen and oxygen atoms in total. The molecule has 0 bridgehead atoms. The second kappa shape index (κ2) is 7.35. The van der Waals surface area contributed by atoms with E-state index in [2.05, 4.69) is 24.8 Å². The van der Waals surface area contributed by atoms with Crippen molar-refractivity contribution in [2.75, 3.05) is 0 Å². The minimum Gasteiger partial charge on any atom is -0.0984 e. The van der Waals surface area contributed by atoms with Gasteiger partial charge in [-0.2, -0.15) is 0 Å². The van der Waals surface area contributed by atoms with E-state index in [1.54, 1.807) is 0 Å². The van der Waals surface area contributed by atoms with Crippen molar-refractivity contribution in [2.24, 2.45) is 0 Å². The average Bonchev–Trinajstić information content (AvgIpc) is 2.22. The Morgan fingerprint density at radius 3 is 2.08 bits per heavy atom. The van der Waals surface area contributed by atoms with Crippen LogP contribution >= 0.6 is 0 Å². The Morgan fingerprint density at radius 1 is 1.08 bits per heavy atom. The minimum absolute atomic E-state index is 1.19. The lowest BCUT2D eigenvalue weighted by Crippen LogP contribution is -1.76. The first kappa shape index (κ1) is 11.7. The number of rotatable bonds is 2. The van der Waals surface area contributed by atoms with Crippen LogP contribution < -0.4 is 0 Å². The Bertz CT molecular complexity index is 269. The fourth-order valence-corrected chi connectivity index (χ4v) is 1.03. The van der Waals surface area contributed by atoms with E-state index >= 15 is 0 Å². The van der Waals surface area contributed by atoms with Gasteiger partial charge in [-0.1, -0.05) is 62.9 Å². The van der Waals surface area contributed by atoms with Gasteiger partial charge in [-0.05, 0) is 18.1 Å². The van der Waals surface area contributed by atoms with Crippen LogP contribution in [-0.2, 0) is 0 Å². The molecular formula is C13H18. The second-order valence-corrected chi connectivity index (χ2v) is 2.33. The zero-order chi connectivity index (χ0) is 10.1. The molecule has 1 aromatic carbocycles. The largest absolute Gasteiger partial charge is 0.0984 e. The van der Waals surface area contributed by atoms with Crippen LogP contribution in [0.15, 0.2) is 36.9 Å². The Hall–Kier alpha value is -1.30. The molecule has 0 radical (unpaired) electrons. The number of hydrogen-bond donors (Lipinski definition) is 0. The van der Waals surface area contributed by atoms with E-state index in [4.69, 9.17) is 0 Å². The van der Waals surface area contributed by atoms with Crippen LogP contribution in [-0.4, -0.2) is 0 Å². The first-order chi connectivity index (χ1) is 6.38. The van der Waals surface area contributed by atoms with Gasteiger partial charge in [0.15, 0.2) is 0 Å². The first-order valence-corrected chi connectivity index (χ1v) is 4.72. The third-order valence-corrected chi connectivity index (χ3v) is 1.56. The van der Waals surface area contributed by atoms with Gasteiger partial charge in [-0.15, -0.1) is 0 Å². The molecule has 0 heterocycles. The highest BCUT2D eigenvalue weighted by Gasteiger charge is 1.90. The van der Waals surface area contributed by atoms with Gasteiger partial charge in [-0.25, -0.2) is 0 Å². The number of allylic oxidation sites excluding steroid dienone is 1.